The van der Waals surface area contributed by atoms with E-state index >= 15 is 0 Å². The lowest BCUT2D eigenvalue weighted by molar-refractivity contribution is 0.215. The van der Waals surface area contributed by atoms with Crippen LogP contribution >= 0.6 is 0 Å². The second kappa shape index (κ2) is 6.14. The van der Waals surface area contributed by atoms with E-state index in [1.165, 1.54) is 0 Å². The van der Waals surface area contributed by atoms with E-state index in [2.05, 4.69) is 0 Å². The molecular formula is C16H19NO2. The number of nitrogens with two attached hydrogens (primary N) is 1. The maximum absolute atomic E-state index is 5.76. The van der Waals surface area contributed by atoms with Gasteiger partial charge in [0.1, 0.15) is 24.7 Å². The van der Waals surface area contributed by atoms with Gasteiger partial charge in [0.05, 0.1) is 0 Å². The standard InChI is InChI=1S/C16H19NO2/c1-12-5-3-6-13(2)16(12)19-10-9-18-15-8-4-7-14(17)11-15/h3-8,11H,9-10,17H2,1-2H3. The molecule has 2 aromatic carbocycles. The summed E-state index contributed by atoms with van der Waals surface area (Å²) in [6, 6.07) is 13.5. The summed E-state index contributed by atoms with van der Waals surface area (Å²) in [5.74, 6) is 1.71. The Morgan fingerprint density at radius 1 is 0.895 bits per heavy atom. The van der Waals surface area contributed by atoms with Gasteiger partial charge >= 0.3 is 0 Å². The summed E-state index contributed by atoms with van der Waals surface area (Å²) in [5, 5.41) is 0. The van der Waals surface area contributed by atoms with Gasteiger partial charge in [-0.25, -0.2) is 0 Å². The van der Waals surface area contributed by atoms with Crippen LogP contribution in [0.2, 0.25) is 0 Å². The number of para-hydroxylation sites is 1. The summed E-state index contributed by atoms with van der Waals surface area (Å²) in [5.41, 5.74) is 8.67. The quantitative estimate of drug-likeness (QED) is 0.660. The van der Waals surface area contributed by atoms with Gasteiger partial charge in [0.15, 0.2) is 0 Å². The van der Waals surface area contributed by atoms with Crippen molar-refractivity contribution in [3.8, 4) is 11.5 Å². The molecule has 2 N–H and O–H groups in total. The fourth-order valence-electron chi connectivity index (χ4n) is 1.93. The topological polar surface area (TPSA) is 44.5 Å². The van der Waals surface area contributed by atoms with Crippen molar-refractivity contribution < 1.29 is 9.47 Å². The molecule has 2 aromatic rings. The van der Waals surface area contributed by atoms with Gasteiger partial charge in [-0.05, 0) is 37.1 Å². The van der Waals surface area contributed by atoms with Crippen LogP contribution < -0.4 is 15.2 Å². The summed E-state index contributed by atoms with van der Waals surface area (Å²) in [7, 11) is 0. The Balaban J connectivity index is 1.84. The van der Waals surface area contributed by atoms with Gasteiger partial charge in [-0.1, -0.05) is 24.3 Å². The van der Waals surface area contributed by atoms with Gasteiger partial charge in [-0.15, -0.1) is 0 Å². The van der Waals surface area contributed by atoms with Crippen molar-refractivity contribution in [2.45, 2.75) is 13.8 Å². The predicted molar refractivity (Wildman–Crippen MR) is 77.8 cm³/mol. The average Bonchev–Trinajstić information content (AvgIpc) is 2.37. The first-order valence-corrected chi connectivity index (χ1v) is 6.34. The first-order valence-electron chi connectivity index (χ1n) is 6.34. The van der Waals surface area contributed by atoms with E-state index in [1.807, 2.05) is 50.2 Å². The third-order valence-electron chi connectivity index (χ3n) is 2.87. The minimum absolute atomic E-state index is 0.497. The molecule has 0 heterocycles. The van der Waals surface area contributed by atoms with E-state index in [9.17, 15) is 0 Å². The van der Waals surface area contributed by atoms with Crippen LogP contribution in [-0.4, -0.2) is 13.2 Å². The predicted octanol–water partition coefficient (Wildman–Crippen LogP) is 3.34. The molecule has 0 saturated heterocycles. The zero-order chi connectivity index (χ0) is 13.7. The first kappa shape index (κ1) is 13.3. The van der Waals surface area contributed by atoms with Crippen LogP contribution in [0.1, 0.15) is 11.1 Å². The van der Waals surface area contributed by atoms with Gasteiger partial charge in [0.2, 0.25) is 0 Å². The minimum atomic E-state index is 0.497. The van der Waals surface area contributed by atoms with Crippen molar-refractivity contribution in [2.75, 3.05) is 18.9 Å². The van der Waals surface area contributed by atoms with Crippen molar-refractivity contribution in [3.63, 3.8) is 0 Å². The van der Waals surface area contributed by atoms with Crippen molar-refractivity contribution in [1.29, 1.82) is 0 Å². The molecule has 0 saturated carbocycles. The molecule has 0 aliphatic rings. The second-order valence-corrected chi connectivity index (χ2v) is 4.49. The Morgan fingerprint density at radius 2 is 1.53 bits per heavy atom. The molecule has 0 spiro atoms. The SMILES string of the molecule is Cc1cccc(C)c1OCCOc1cccc(N)c1. The summed E-state index contributed by atoms with van der Waals surface area (Å²) in [4.78, 5) is 0. The van der Waals surface area contributed by atoms with Crippen LogP contribution in [-0.2, 0) is 0 Å². The molecule has 2 rings (SSSR count). The number of aryl methyl sites for hydroxylation is 2. The van der Waals surface area contributed by atoms with Crippen LogP contribution in [0.3, 0.4) is 0 Å². The van der Waals surface area contributed by atoms with Gasteiger partial charge in [-0.3, -0.25) is 0 Å². The molecular weight excluding hydrogens is 238 g/mol. The Morgan fingerprint density at radius 3 is 2.21 bits per heavy atom. The molecule has 19 heavy (non-hydrogen) atoms. The summed E-state index contributed by atoms with van der Waals surface area (Å²) in [6.07, 6.45) is 0. The number of hydrogen-bond acceptors (Lipinski definition) is 3. The first-order chi connectivity index (χ1) is 9.16. The van der Waals surface area contributed by atoms with Gasteiger partial charge in [-0.2, -0.15) is 0 Å². The molecule has 0 atom stereocenters. The minimum Gasteiger partial charge on any atom is -0.490 e. The third kappa shape index (κ3) is 3.65. The highest BCUT2D eigenvalue weighted by Crippen LogP contribution is 2.22. The zero-order valence-electron chi connectivity index (χ0n) is 11.3. The summed E-state index contributed by atoms with van der Waals surface area (Å²) >= 11 is 0. The molecule has 0 aromatic heterocycles. The Bertz CT molecular complexity index is 532. The number of nitrogen functional groups attached to an aromatic ring is 1. The molecule has 0 amide bonds. The van der Waals surface area contributed by atoms with Crippen molar-refractivity contribution >= 4 is 5.69 Å². The molecule has 0 radical (unpaired) electrons. The third-order valence-corrected chi connectivity index (χ3v) is 2.87. The number of rotatable bonds is 5. The number of hydrogen-bond donors (Lipinski definition) is 1. The molecule has 0 bridgehead atoms. The lowest BCUT2D eigenvalue weighted by atomic mass is 10.1. The normalized spacial score (nSPS) is 10.2. The fourth-order valence-corrected chi connectivity index (χ4v) is 1.93. The number of benzene rings is 2. The van der Waals surface area contributed by atoms with Crippen LogP contribution in [0.4, 0.5) is 5.69 Å². The average molecular weight is 257 g/mol. The second-order valence-electron chi connectivity index (χ2n) is 4.49. The zero-order valence-corrected chi connectivity index (χ0v) is 11.3. The number of anilines is 1. The summed E-state index contributed by atoms with van der Waals surface area (Å²) in [6.45, 7) is 5.10. The molecule has 0 unspecified atom stereocenters. The lowest BCUT2D eigenvalue weighted by Gasteiger charge is -2.12. The highest BCUT2D eigenvalue weighted by molar-refractivity contribution is 5.43. The van der Waals surface area contributed by atoms with E-state index in [-0.39, 0.29) is 0 Å². The van der Waals surface area contributed by atoms with E-state index < -0.39 is 0 Å². The molecule has 0 aliphatic carbocycles. The van der Waals surface area contributed by atoms with Crippen LogP contribution in [0.15, 0.2) is 42.5 Å². The van der Waals surface area contributed by atoms with E-state index in [1.54, 1.807) is 6.07 Å². The van der Waals surface area contributed by atoms with Gasteiger partial charge in [0, 0.05) is 11.8 Å². The molecule has 3 nitrogen and oxygen atoms in total. The Labute approximate surface area is 114 Å². The summed E-state index contributed by atoms with van der Waals surface area (Å²) < 4.78 is 11.3. The number of ether oxygens (including phenoxy) is 2. The molecule has 0 aliphatic heterocycles. The van der Waals surface area contributed by atoms with E-state index in [0.29, 0.717) is 18.9 Å². The molecule has 0 fully saturated rings. The lowest BCUT2D eigenvalue weighted by Crippen LogP contribution is -2.10. The highest BCUT2D eigenvalue weighted by atomic mass is 16.5. The van der Waals surface area contributed by atoms with Gasteiger partial charge in [0.25, 0.3) is 0 Å². The smallest absolute Gasteiger partial charge is 0.125 e. The maximum Gasteiger partial charge on any atom is 0.125 e. The Hall–Kier alpha value is -2.16. The molecule has 3 heteroatoms. The van der Waals surface area contributed by atoms with Crippen LogP contribution in [0, 0.1) is 13.8 Å². The van der Waals surface area contributed by atoms with E-state index in [4.69, 9.17) is 15.2 Å². The fraction of sp³-hybridized carbons (Fsp3) is 0.250. The van der Waals surface area contributed by atoms with Gasteiger partial charge < -0.3 is 15.2 Å². The maximum atomic E-state index is 5.76. The van der Waals surface area contributed by atoms with Crippen molar-refractivity contribution in [1.82, 2.24) is 0 Å². The highest BCUT2D eigenvalue weighted by Gasteiger charge is 2.02. The van der Waals surface area contributed by atoms with Crippen molar-refractivity contribution in [2.24, 2.45) is 0 Å². The Kier molecular flexibility index (Phi) is 4.29. The largest absolute Gasteiger partial charge is 0.490 e. The van der Waals surface area contributed by atoms with Crippen LogP contribution in [0.25, 0.3) is 0 Å². The van der Waals surface area contributed by atoms with Crippen molar-refractivity contribution in [3.05, 3.63) is 53.6 Å². The monoisotopic (exact) mass is 257 g/mol. The van der Waals surface area contributed by atoms with Crippen LogP contribution in [0.5, 0.6) is 11.5 Å². The van der Waals surface area contributed by atoms with E-state index in [0.717, 1.165) is 22.6 Å². The molecule has 100 valence electrons.